The van der Waals surface area contributed by atoms with Gasteiger partial charge in [-0.1, -0.05) is 0 Å². The lowest BCUT2D eigenvalue weighted by Crippen LogP contribution is -2.40. The van der Waals surface area contributed by atoms with Crippen LogP contribution in [0.25, 0.3) is 0 Å². The Hall–Kier alpha value is -2.05. The first-order chi connectivity index (χ1) is 9.51. The van der Waals surface area contributed by atoms with Gasteiger partial charge in [0.15, 0.2) is 0 Å². The molecule has 0 fully saturated rings. The van der Waals surface area contributed by atoms with Gasteiger partial charge in [0.2, 0.25) is 0 Å². The first-order valence-electron chi connectivity index (χ1n) is 6.77. The van der Waals surface area contributed by atoms with Gasteiger partial charge in [0.25, 0.3) is 0 Å². The summed E-state index contributed by atoms with van der Waals surface area (Å²) >= 11 is 0. The molecule has 1 amide bonds. The molecule has 0 aliphatic heterocycles. The first kappa shape index (κ1) is 17.0. The third-order valence-corrected chi connectivity index (χ3v) is 2.73. The molecule has 0 saturated carbocycles. The molecule has 0 aliphatic rings. The zero-order valence-electron chi connectivity index (χ0n) is 13.4. The number of rotatable bonds is 4. The Morgan fingerprint density at radius 3 is 2.38 bits per heavy atom. The van der Waals surface area contributed by atoms with Crippen molar-refractivity contribution in [3.05, 3.63) is 17.5 Å². The molecule has 21 heavy (non-hydrogen) atoms. The molecular formula is C14H23N3O4. The van der Waals surface area contributed by atoms with Gasteiger partial charge in [-0.3, -0.25) is 9.58 Å². The summed E-state index contributed by atoms with van der Waals surface area (Å²) in [6, 6.07) is 1.37. The van der Waals surface area contributed by atoms with Gasteiger partial charge in [-0.2, -0.15) is 5.10 Å². The van der Waals surface area contributed by atoms with E-state index in [1.807, 2.05) is 13.8 Å². The summed E-state index contributed by atoms with van der Waals surface area (Å²) in [5.74, 6) is -1.05. The average Bonchev–Trinajstić information content (AvgIpc) is 2.64. The average molecular weight is 297 g/mol. The van der Waals surface area contributed by atoms with Gasteiger partial charge in [0.05, 0.1) is 12.2 Å². The summed E-state index contributed by atoms with van der Waals surface area (Å²) in [7, 11) is 1.56. The highest BCUT2D eigenvalue weighted by Gasteiger charge is 2.25. The van der Waals surface area contributed by atoms with Crippen LogP contribution in [0.15, 0.2) is 6.07 Å². The van der Waals surface area contributed by atoms with Gasteiger partial charge in [-0.25, -0.2) is 9.59 Å². The molecule has 0 unspecified atom stereocenters. The molecule has 1 rings (SSSR count). The van der Waals surface area contributed by atoms with Crippen LogP contribution >= 0.6 is 0 Å². The topological polar surface area (TPSA) is 84.7 Å². The van der Waals surface area contributed by atoms with E-state index in [-0.39, 0.29) is 18.3 Å². The quantitative estimate of drug-likeness (QED) is 0.921. The summed E-state index contributed by atoms with van der Waals surface area (Å²) in [6.45, 7) is 9.33. The Labute approximate surface area is 124 Å². The summed E-state index contributed by atoms with van der Waals surface area (Å²) in [4.78, 5) is 24.7. The molecule has 0 radical (unpaired) electrons. The Bertz CT molecular complexity index is 529. The molecule has 1 N–H and O–H groups in total. The van der Waals surface area contributed by atoms with Crippen LogP contribution in [0, 0.1) is 0 Å². The third kappa shape index (κ3) is 4.77. The number of aromatic nitrogens is 2. The highest BCUT2D eigenvalue weighted by atomic mass is 16.6. The van der Waals surface area contributed by atoms with Crippen molar-refractivity contribution in [1.29, 1.82) is 0 Å². The minimum Gasteiger partial charge on any atom is -0.477 e. The highest BCUT2D eigenvalue weighted by molar-refractivity contribution is 5.85. The molecule has 0 bridgehead atoms. The summed E-state index contributed by atoms with van der Waals surface area (Å²) < 4.78 is 6.64. The lowest BCUT2D eigenvalue weighted by molar-refractivity contribution is 0.0169. The maximum absolute atomic E-state index is 12.2. The number of hydrogen-bond acceptors (Lipinski definition) is 4. The van der Waals surface area contributed by atoms with Gasteiger partial charge in [0, 0.05) is 13.1 Å². The smallest absolute Gasteiger partial charge is 0.410 e. The van der Waals surface area contributed by atoms with Crippen molar-refractivity contribution < 1.29 is 19.4 Å². The molecule has 0 spiro atoms. The number of hydrogen-bond donors (Lipinski definition) is 1. The third-order valence-electron chi connectivity index (χ3n) is 2.73. The van der Waals surface area contributed by atoms with Crippen molar-refractivity contribution >= 4 is 12.1 Å². The monoisotopic (exact) mass is 297 g/mol. The van der Waals surface area contributed by atoms with E-state index >= 15 is 0 Å². The van der Waals surface area contributed by atoms with Crippen molar-refractivity contribution in [3.63, 3.8) is 0 Å². The molecule has 7 heteroatoms. The Morgan fingerprint density at radius 1 is 1.43 bits per heavy atom. The molecule has 118 valence electrons. The minimum atomic E-state index is -1.05. The van der Waals surface area contributed by atoms with Crippen molar-refractivity contribution in [1.82, 2.24) is 14.7 Å². The Balaban J connectivity index is 2.91. The largest absolute Gasteiger partial charge is 0.477 e. The second kappa shape index (κ2) is 6.15. The van der Waals surface area contributed by atoms with Gasteiger partial charge < -0.3 is 9.84 Å². The van der Waals surface area contributed by atoms with Crippen molar-refractivity contribution in [2.24, 2.45) is 7.05 Å². The van der Waals surface area contributed by atoms with Crippen LogP contribution in [-0.2, 0) is 18.3 Å². The standard InChI is InChI=1S/C14H23N3O4/c1-9(2)17(13(20)21-14(3,4)5)8-10-7-11(12(18)19)16(6)15-10/h7,9H,8H2,1-6H3,(H,18,19). The molecule has 7 nitrogen and oxygen atoms in total. The summed E-state index contributed by atoms with van der Waals surface area (Å²) in [6.07, 6.45) is -0.444. The molecular weight excluding hydrogens is 274 g/mol. The van der Waals surface area contributed by atoms with Gasteiger partial charge >= 0.3 is 12.1 Å². The van der Waals surface area contributed by atoms with Crippen molar-refractivity contribution in [2.45, 2.75) is 52.8 Å². The molecule has 0 saturated heterocycles. The number of carboxylic acid groups (broad SMARTS) is 1. The van der Waals surface area contributed by atoms with E-state index in [9.17, 15) is 9.59 Å². The number of aromatic carboxylic acids is 1. The van der Waals surface area contributed by atoms with E-state index in [2.05, 4.69) is 5.10 Å². The number of carbonyl (C=O) groups is 2. The molecule has 0 aromatic carbocycles. The first-order valence-corrected chi connectivity index (χ1v) is 6.77. The summed E-state index contributed by atoms with van der Waals surface area (Å²) in [5, 5.41) is 13.1. The Morgan fingerprint density at radius 2 is 2.00 bits per heavy atom. The van der Waals surface area contributed by atoms with E-state index in [1.165, 1.54) is 15.6 Å². The van der Waals surface area contributed by atoms with E-state index < -0.39 is 17.7 Å². The van der Waals surface area contributed by atoms with Crippen LogP contribution in [0.4, 0.5) is 4.79 Å². The second-order valence-electron chi connectivity index (χ2n) is 6.15. The number of amides is 1. The lowest BCUT2D eigenvalue weighted by atomic mass is 10.2. The van der Waals surface area contributed by atoms with E-state index in [0.29, 0.717) is 5.69 Å². The molecule has 1 aromatic heterocycles. The zero-order valence-corrected chi connectivity index (χ0v) is 13.4. The van der Waals surface area contributed by atoms with Crippen molar-refractivity contribution in [2.75, 3.05) is 0 Å². The van der Waals surface area contributed by atoms with Gasteiger partial charge in [-0.05, 0) is 40.7 Å². The molecule has 0 aliphatic carbocycles. The van der Waals surface area contributed by atoms with Gasteiger partial charge in [0.1, 0.15) is 11.3 Å². The summed E-state index contributed by atoms with van der Waals surface area (Å²) in [5.41, 5.74) is 0.00737. The van der Waals surface area contributed by atoms with Gasteiger partial charge in [-0.15, -0.1) is 0 Å². The fraction of sp³-hybridized carbons (Fsp3) is 0.643. The van der Waals surface area contributed by atoms with Crippen LogP contribution in [0.5, 0.6) is 0 Å². The molecule has 0 atom stereocenters. The second-order valence-corrected chi connectivity index (χ2v) is 6.15. The predicted molar refractivity (Wildman–Crippen MR) is 77.1 cm³/mol. The number of carbonyl (C=O) groups excluding carboxylic acids is 1. The maximum Gasteiger partial charge on any atom is 0.410 e. The predicted octanol–water partition coefficient (Wildman–Crippen LogP) is 2.26. The molecule has 1 aromatic rings. The van der Waals surface area contributed by atoms with Crippen LogP contribution < -0.4 is 0 Å². The highest BCUT2D eigenvalue weighted by Crippen LogP contribution is 2.15. The van der Waals surface area contributed by atoms with Crippen LogP contribution in [0.3, 0.4) is 0 Å². The Kier molecular flexibility index (Phi) is 4.98. The van der Waals surface area contributed by atoms with Crippen molar-refractivity contribution in [3.8, 4) is 0 Å². The number of carboxylic acids is 1. The van der Waals surface area contributed by atoms with Crippen LogP contribution in [0.1, 0.15) is 50.8 Å². The van der Waals surface area contributed by atoms with E-state index in [0.717, 1.165) is 0 Å². The number of aryl methyl sites for hydroxylation is 1. The zero-order chi connectivity index (χ0) is 16.4. The number of ether oxygens (including phenoxy) is 1. The fourth-order valence-corrected chi connectivity index (χ4v) is 1.76. The SMILES string of the molecule is CC(C)N(Cc1cc(C(=O)O)n(C)n1)C(=O)OC(C)(C)C. The van der Waals surface area contributed by atoms with Crippen LogP contribution in [-0.4, -0.2) is 43.5 Å². The molecule has 1 heterocycles. The number of nitrogens with zero attached hydrogens (tertiary/aromatic N) is 3. The van der Waals surface area contributed by atoms with E-state index in [1.54, 1.807) is 27.8 Å². The minimum absolute atomic E-state index is 0.0814. The fourth-order valence-electron chi connectivity index (χ4n) is 1.76. The maximum atomic E-state index is 12.2. The lowest BCUT2D eigenvalue weighted by Gasteiger charge is -2.29. The van der Waals surface area contributed by atoms with Crippen LogP contribution in [0.2, 0.25) is 0 Å². The normalized spacial score (nSPS) is 11.6. The van der Waals surface area contributed by atoms with E-state index in [4.69, 9.17) is 9.84 Å².